The largest absolute Gasteiger partial charge is 0.444 e. The minimum Gasteiger partial charge on any atom is -0.444 e. The average molecular weight is 454 g/mol. The maximum atomic E-state index is 13.8. The highest BCUT2D eigenvalue weighted by Crippen LogP contribution is 2.23. The van der Waals surface area contributed by atoms with Crippen LogP contribution in [0.3, 0.4) is 0 Å². The third-order valence-corrected chi connectivity index (χ3v) is 4.37. The zero-order chi connectivity index (χ0) is 22.9. The molecular weight excluding hydrogens is 435 g/mol. The van der Waals surface area contributed by atoms with Gasteiger partial charge in [0.15, 0.2) is 0 Å². The van der Waals surface area contributed by atoms with Crippen LogP contribution in [-0.2, 0) is 11.2 Å². The molecule has 0 saturated carbocycles. The zero-order valence-electron chi connectivity index (χ0n) is 16.9. The highest BCUT2D eigenvalue weighted by molar-refractivity contribution is 6.35. The van der Waals surface area contributed by atoms with Crippen LogP contribution in [0.2, 0.25) is 5.02 Å². The van der Waals surface area contributed by atoms with Crippen molar-refractivity contribution in [1.82, 2.24) is 14.9 Å². The fraction of sp³-hybridized carbons (Fsp3) is 0.286. The molecule has 164 valence electrons. The van der Waals surface area contributed by atoms with E-state index in [0.29, 0.717) is 6.07 Å². The van der Waals surface area contributed by atoms with Gasteiger partial charge in [-0.3, -0.25) is 9.36 Å². The van der Waals surface area contributed by atoms with Crippen LogP contribution >= 0.6 is 11.6 Å². The van der Waals surface area contributed by atoms with Gasteiger partial charge in [0.2, 0.25) is 0 Å². The second-order valence-corrected chi connectivity index (χ2v) is 8.17. The van der Waals surface area contributed by atoms with Gasteiger partial charge in [-0.05, 0) is 45.0 Å². The van der Waals surface area contributed by atoms with Gasteiger partial charge in [0.05, 0.1) is 21.6 Å². The summed E-state index contributed by atoms with van der Waals surface area (Å²) in [5.41, 5.74) is -1.56. The van der Waals surface area contributed by atoms with Crippen LogP contribution in [-0.4, -0.2) is 27.8 Å². The van der Waals surface area contributed by atoms with Crippen LogP contribution < -0.4 is 10.9 Å². The Hall–Kier alpha value is -3.07. The van der Waals surface area contributed by atoms with Crippen molar-refractivity contribution < 1.29 is 22.7 Å². The highest BCUT2D eigenvalue weighted by atomic mass is 35.5. The Kier molecular flexibility index (Phi) is 6.26. The van der Waals surface area contributed by atoms with E-state index in [1.165, 1.54) is 0 Å². The molecule has 1 aromatic heterocycles. The number of alkyl carbamates (subject to hydrolysis) is 1. The molecule has 1 heterocycles. The molecule has 10 heteroatoms. The smallest absolute Gasteiger partial charge is 0.407 e. The summed E-state index contributed by atoms with van der Waals surface area (Å²) in [6, 6.07) is 4.51. The lowest BCUT2D eigenvalue weighted by molar-refractivity contribution is 0.0528. The lowest BCUT2D eigenvalue weighted by Crippen LogP contribution is -2.34. The van der Waals surface area contributed by atoms with E-state index in [1.54, 1.807) is 20.8 Å². The Morgan fingerprint density at radius 1 is 1.10 bits per heavy atom. The number of fused-ring (bicyclic) bond motifs is 1. The normalized spacial score (nSPS) is 11.6. The molecular formula is C21H19ClF3N3O3. The summed E-state index contributed by atoms with van der Waals surface area (Å²) in [6.45, 7) is 5.11. The predicted octanol–water partition coefficient (Wildman–Crippen LogP) is 4.52. The highest BCUT2D eigenvalue weighted by Gasteiger charge is 2.19. The summed E-state index contributed by atoms with van der Waals surface area (Å²) >= 11 is 6.05. The molecule has 0 aliphatic heterocycles. The molecule has 0 fully saturated rings. The Bertz CT molecular complexity index is 1200. The van der Waals surface area contributed by atoms with Crippen molar-refractivity contribution in [2.24, 2.45) is 0 Å². The lowest BCUT2D eigenvalue weighted by Gasteiger charge is -2.20. The van der Waals surface area contributed by atoms with E-state index < -0.39 is 34.7 Å². The maximum Gasteiger partial charge on any atom is 0.407 e. The summed E-state index contributed by atoms with van der Waals surface area (Å²) in [5, 5.41) is 2.28. The van der Waals surface area contributed by atoms with E-state index >= 15 is 0 Å². The van der Waals surface area contributed by atoms with Crippen molar-refractivity contribution in [3.05, 3.63) is 69.0 Å². The van der Waals surface area contributed by atoms with Gasteiger partial charge in [-0.1, -0.05) is 11.6 Å². The van der Waals surface area contributed by atoms with Crippen LogP contribution in [0.15, 0.2) is 35.1 Å². The topological polar surface area (TPSA) is 73.2 Å². The van der Waals surface area contributed by atoms with Crippen LogP contribution in [0, 0.1) is 17.5 Å². The Labute approximate surface area is 180 Å². The Balaban J connectivity index is 2.08. The van der Waals surface area contributed by atoms with E-state index in [2.05, 4.69) is 10.3 Å². The van der Waals surface area contributed by atoms with E-state index in [-0.39, 0.29) is 40.4 Å². The van der Waals surface area contributed by atoms with Crippen molar-refractivity contribution in [1.29, 1.82) is 0 Å². The van der Waals surface area contributed by atoms with Gasteiger partial charge < -0.3 is 10.1 Å². The second-order valence-electron chi connectivity index (χ2n) is 7.76. The molecule has 0 spiro atoms. The zero-order valence-corrected chi connectivity index (χ0v) is 17.7. The van der Waals surface area contributed by atoms with Crippen LogP contribution in [0.1, 0.15) is 26.6 Å². The SMILES string of the molecule is CC(C)(C)OC(=O)NCCc1nc2c(Cl)cc(F)cc2c(=O)n1-c1cc(F)cc(F)c1. The van der Waals surface area contributed by atoms with E-state index in [1.807, 2.05) is 0 Å². The number of halogens is 4. The fourth-order valence-electron chi connectivity index (χ4n) is 2.95. The van der Waals surface area contributed by atoms with Gasteiger partial charge in [-0.2, -0.15) is 0 Å². The minimum atomic E-state index is -0.905. The molecule has 0 unspecified atom stereocenters. The van der Waals surface area contributed by atoms with Crippen molar-refractivity contribution in [2.75, 3.05) is 6.54 Å². The van der Waals surface area contributed by atoms with Crippen LogP contribution in [0.25, 0.3) is 16.6 Å². The number of hydrogen-bond acceptors (Lipinski definition) is 4. The maximum absolute atomic E-state index is 13.8. The monoisotopic (exact) mass is 453 g/mol. The summed E-state index contributed by atoms with van der Waals surface area (Å²) in [4.78, 5) is 29.3. The number of amides is 1. The first-order valence-corrected chi connectivity index (χ1v) is 9.66. The summed E-state index contributed by atoms with van der Waals surface area (Å²) in [6.07, 6.45) is -0.685. The second kappa shape index (κ2) is 8.58. The van der Waals surface area contributed by atoms with Gasteiger partial charge in [0.25, 0.3) is 5.56 Å². The number of carbonyl (C=O) groups is 1. The molecule has 1 N–H and O–H groups in total. The van der Waals surface area contributed by atoms with Crippen LogP contribution in [0.4, 0.5) is 18.0 Å². The average Bonchev–Trinajstić information content (AvgIpc) is 2.60. The lowest BCUT2D eigenvalue weighted by atomic mass is 10.2. The van der Waals surface area contributed by atoms with Crippen molar-refractivity contribution in [3.8, 4) is 5.69 Å². The van der Waals surface area contributed by atoms with Crippen molar-refractivity contribution >= 4 is 28.6 Å². The molecule has 0 radical (unpaired) electrons. The molecule has 3 aromatic rings. The molecule has 0 atom stereocenters. The summed E-state index contributed by atoms with van der Waals surface area (Å²) in [5.74, 6) is -2.51. The molecule has 1 amide bonds. The summed E-state index contributed by atoms with van der Waals surface area (Å²) < 4.78 is 47.5. The van der Waals surface area contributed by atoms with Crippen molar-refractivity contribution in [2.45, 2.75) is 32.8 Å². The number of nitrogens with one attached hydrogen (secondary N) is 1. The quantitative estimate of drug-likeness (QED) is 0.630. The first kappa shape index (κ1) is 22.6. The minimum absolute atomic E-state index is 0.00344. The number of carbonyl (C=O) groups excluding carboxylic acids is 1. The standard InChI is InChI=1S/C21H19ClF3N3O3/c1-21(2,3)31-20(30)26-5-4-17-27-18-15(9-13(25)10-16(18)22)19(29)28(17)14-7-11(23)6-12(24)8-14/h6-10H,4-5H2,1-3H3,(H,26,30). The number of rotatable bonds is 4. The fourth-order valence-corrected chi connectivity index (χ4v) is 3.20. The number of aromatic nitrogens is 2. The van der Waals surface area contributed by atoms with E-state index in [4.69, 9.17) is 16.3 Å². The van der Waals surface area contributed by atoms with Gasteiger partial charge >= 0.3 is 6.09 Å². The number of nitrogens with zero attached hydrogens (tertiary/aromatic N) is 2. The number of hydrogen-bond donors (Lipinski definition) is 1. The van der Waals surface area contributed by atoms with Crippen molar-refractivity contribution in [3.63, 3.8) is 0 Å². The Morgan fingerprint density at radius 2 is 1.71 bits per heavy atom. The molecule has 0 aliphatic carbocycles. The van der Waals surface area contributed by atoms with E-state index in [9.17, 15) is 22.8 Å². The molecule has 31 heavy (non-hydrogen) atoms. The first-order valence-electron chi connectivity index (χ1n) is 9.28. The first-order chi connectivity index (χ1) is 14.4. The molecule has 0 aliphatic rings. The molecule has 0 saturated heterocycles. The van der Waals surface area contributed by atoms with Gasteiger partial charge in [-0.25, -0.2) is 22.9 Å². The third-order valence-electron chi connectivity index (χ3n) is 4.08. The van der Waals surface area contributed by atoms with Gasteiger partial charge in [0.1, 0.15) is 28.9 Å². The predicted molar refractivity (Wildman–Crippen MR) is 110 cm³/mol. The van der Waals surface area contributed by atoms with E-state index in [0.717, 1.165) is 28.8 Å². The molecule has 6 nitrogen and oxygen atoms in total. The third kappa shape index (κ3) is 5.35. The number of ether oxygens (including phenoxy) is 1. The number of benzene rings is 2. The van der Waals surface area contributed by atoms with Gasteiger partial charge in [0, 0.05) is 19.0 Å². The molecule has 2 aromatic carbocycles. The Morgan fingerprint density at radius 3 is 2.32 bits per heavy atom. The molecule has 0 bridgehead atoms. The van der Waals surface area contributed by atoms with Gasteiger partial charge in [-0.15, -0.1) is 0 Å². The van der Waals surface area contributed by atoms with Crippen LogP contribution in [0.5, 0.6) is 0 Å². The summed E-state index contributed by atoms with van der Waals surface area (Å²) in [7, 11) is 0. The molecule has 3 rings (SSSR count).